The maximum absolute atomic E-state index is 8.77. The minimum absolute atomic E-state index is 0.509. The SMILES string of the molecule is NC(O)Cc1cc[c]cc1. The molecule has 0 aromatic heterocycles. The van der Waals surface area contributed by atoms with Crippen molar-refractivity contribution in [2.45, 2.75) is 12.6 Å². The first-order chi connectivity index (χ1) is 4.79. The van der Waals surface area contributed by atoms with E-state index in [4.69, 9.17) is 10.8 Å². The van der Waals surface area contributed by atoms with Crippen LogP contribution in [-0.4, -0.2) is 11.3 Å². The normalized spacial score (nSPS) is 13.0. The van der Waals surface area contributed by atoms with Gasteiger partial charge in [0.15, 0.2) is 0 Å². The van der Waals surface area contributed by atoms with Crippen LogP contribution in [0, 0.1) is 6.07 Å². The van der Waals surface area contributed by atoms with Crippen LogP contribution in [0.3, 0.4) is 0 Å². The number of aliphatic hydroxyl groups is 1. The van der Waals surface area contributed by atoms with Gasteiger partial charge in [0.25, 0.3) is 0 Å². The molecule has 0 saturated carbocycles. The molecule has 53 valence electrons. The van der Waals surface area contributed by atoms with Crippen LogP contribution in [-0.2, 0) is 6.42 Å². The van der Waals surface area contributed by atoms with Crippen molar-refractivity contribution in [3.63, 3.8) is 0 Å². The van der Waals surface area contributed by atoms with Crippen LogP contribution in [0.25, 0.3) is 0 Å². The Bertz CT molecular complexity index is 184. The summed E-state index contributed by atoms with van der Waals surface area (Å²) in [6.07, 6.45) is -0.239. The Morgan fingerprint density at radius 2 is 2.10 bits per heavy atom. The number of aliphatic hydroxyl groups excluding tert-OH is 1. The molecule has 1 radical (unpaired) electrons. The molecule has 0 saturated heterocycles. The van der Waals surface area contributed by atoms with Gasteiger partial charge in [-0.25, -0.2) is 0 Å². The summed E-state index contributed by atoms with van der Waals surface area (Å²) in [4.78, 5) is 0. The van der Waals surface area contributed by atoms with Crippen LogP contribution in [0.4, 0.5) is 0 Å². The zero-order valence-corrected chi connectivity index (χ0v) is 5.62. The van der Waals surface area contributed by atoms with Crippen molar-refractivity contribution in [2.24, 2.45) is 5.73 Å². The molecule has 2 heteroatoms. The lowest BCUT2D eigenvalue weighted by Crippen LogP contribution is -2.21. The topological polar surface area (TPSA) is 46.2 Å². The van der Waals surface area contributed by atoms with Gasteiger partial charge in [-0.3, -0.25) is 0 Å². The van der Waals surface area contributed by atoms with Crippen LogP contribution < -0.4 is 5.73 Å². The van der Waals surface area contributed by atoms with E-state index in [2.05, 4.69) is 6.07 Å². The monoisotopic (exact) mass is 136 g/mol. The number of hydrogen-bond acceptors (Lipinski definition) is 2. The first-order valence-corrected chi connectivity index (χ1v) is 3.17. The largest absolute Gasteiger partial charge is 0.378 e. The quantitative estimate of drug-likeness (QED) is 0.575. The molecule has 3 N–H and O–H groups in total. The van der Waals surface area contributed by atoms with Gasteiger partial charge < -0.3 is 10.8 Å². The molecular formula is C8H10NO. The molecule has 1 atom stereocenters. The molecule has 10 heavy (non-hydrogen) atoms. The second-order valence-corrected chi connectivity index (χ2v) is 2.18. The minimum atomic E-state index is -0.748. The van der Waals surface area contributed by atoms with Gasteiger partial charge in [0, 0.05) is 6.42 Å². The molecule has 0 aliphatic rings. The molecule has 1 unspecified atom stereocenters. The van der Waals surface area contributed by atoms with Crippen molar-refractivity contribution in [1.82, 2.24) is 0 Å². The molecule has 1 rings (SSSR count). The van der Waals surface area contributed by atoms with E-state index in [0.717, 1.165) is 5.56 Å². The van der Waals surface area contributed by atoms with Gasteiger partial charge in [-0.2, -0.15) is 0 Å². The fourth-order valence-electron chi connectivity index (χ4n) is 0.799. The minimum Gasteiger partial charge on any atom is -0.378 e. The van der Waals surface area contributed by atoms with E-state index in [9.17, 15) is 0 Å². The van der Waals surface area contributed by atoms with Gasteiger partial charge in [0.2, 0.25) is 0 Å². The zero-order valence-electron chi connectivity index (χ0n) is 5.62. The maximum Gasteiger partial charge on any atom is 0.106 e. The molecule has 0 spiro atoms. The Morgan fingerprint density at radius 1 is 1.50 bits per heavy atom. The lowest BCUT2D eigenvalue weighted by molar-refractivity contribution is 0.183. The van der Waals surface area contributed by atoms with Crippen molar-refractivity contribution in [3.8, 4) is 0 Å². The molecular weight excluding hydrogens is 126 g/mol. The summed E-state index contributed by atoms with van der Waals surface area (Å²) in [5.74, 6) is 0. The Hall–Kier alpha value is -0.860. The summed E-state index contributed by atoms with van der Waals surface area (Å²) in [5, 5.41) is 8.77. The van der Waals surface area contributed by atoms with Crippen LogP contribution in [0.2, 0.25) is 0 Å². The fourth-order valence-corrected chi connectivity index (χ4v) is 0.799. The Balaban J connectivity index is 2.59. The molecule has 0 bridgehead atoms. The molecule has 0 amide bonds. The molecule has 2 nitrogen and oxygen atoms in total. The number of nitrogens with two attached hydrogens (primary N) is 1. The highest BCUT2D eigenvalue weighted by Crippen LogP contribution is 1.99. The number of hydrogen-bond donors (Lipinski definition) is 2. The molecule has 0 aliphatic carbocycles. The van der Waals surface area contributed by atoms with Gasteiger partial charge in [-0.1, -0.05) is 24.3 Å². The van der Waals surface area contributed by atoms with Crippen molar-refractivity contribution < 1.29 is 5.11 Å². The summed E-state index contributed by atoms with van der Waals surface area (Å²) < 4.78 is 0. The average Bonchev–Trinajstić information content (AvgIpc) is 1.88. The van der Waals surface area contributed by atoms with Gasteiger partial charge >= 0.3 is 0 Å². The summed E-state index contributed by atoms with van der Waals surface area (Å²) >= 11 is 0. The van der Waals surface area contributed by atoms with Crippen LogP contribution in [0.15, 0.2) is 24.3 Å². The third-order valence-electron chi connectivity index (χ3n) is 1.23. The second kappa shape index (κ2) is 3.34. The van der Waals surface area contributed by atoms with Gasteiger partial charge in [-0.15, -0.1) is 0 Å². The van der Waals surface area contributed by atoms with Gasteiger partial charge in [-0.05, 0) is 11.6 Å². The highest BCUT2D eigenvalue weighted by Gasteiger charge is 1.95. The predicted octanol–water partition coefficient (Wildman–Crippen LogP) is 0.306. The standard InChI is InChI=1S/C8H10NO/c9-8(10)6-7-4-2-1-3-5-7/h2-5,8,10H,6,9H2. The Morgan fingerprint density at radius 3 is 2.60 bits per heavy atom. The van der Waals surface area contributed by atoms with E-state index in [0.29, 0.717) is 6.42 Å². The van der Waals surface area contributed by atoms with E-state index in [1.54, 1.807) is 12.1 Å². The van der Waals surface area contributed by atoms with E-state index in [-0.39, 0.29) is 0 Å². The lowest BCUT2D eigenvalue weighted by atomic mass is 10.1. The van der Waals surface area contributed by atoms with Gasteiger partial charge in [0.05, 0.1) is 0 Å². The van der Waals surface area contributed by atoms with Crippen molar-refractivity contribution in [1.29, 1.82) is 0 Å². The second-order valence-electron chi connectivity index (χ2n) is 2.18. The molecule has 0 heterocycles. The predicted molar refractivity (Wildman–Crippen MR) is 39.2 cm³/mol. The van der Waals surface area contributed by atoms with E-state index >= 15 is 0 Å². The first kappa shape index (κ1) is 7.25. The third kappa shape index (κ3) is 2.17. The van der Waals surface area contributed by atoms with E-state index < -0.39 is 6.23 Å². The van der Waals surface area contributed by atoms with Crippen LogP contribution >= 0.6 is 0 Å². The zero-order chi connectivity index (χ0) is 7.40. The maximum atomic E-state index is 8.77. The molecule has 1 aromatic carbocycles. The van der Waals surface area contributed by atoms with Crippen LogP contribution in [0.5, 0.6) is 0 Å². The van der Waals surface area contributed by atoms with E-state index in [1.807, 2.05) is 12.1 Å². The first-order valence-electron chi connectivity index (χ1n) is 3.17. The van der Waals surface area contributed by atoms with Crippen molar-refractivity contribution in [2.75, 3.05) is 0 Å². The number of benzene rings is 1. The summed E-state index contributed by atoms with van der Waals surface area (Å²) in [5.41, 5.74) is 6.21. The average molecular weight is 136 g/mol. The van der Waals surface area contributed by atoms with Gasteiger partial charge in [0.1, 0.15) is 6.23 Å². The smallest absolute Gasteiger partial charge is 0.106 e. The molecule has 1 aromatic rings. The van der Waals surface area contributed by atoms with E-state index in [1.165, 1.54) is 0 Å². The summed E-state index contributed by atoms with van der Waals surface area (Å²) in [7, 11) is 0. The lowest BCUT2D eigenvalue weighted by Gasteiger charge is -2.02. The third-order valence-corrected chi connectivity index (χ3v) is 1.23. The molecule has 0 fully saturated rings. The molecule has 0 aliphatic heterocycles. The number of rotatable bonds is 2. The highest BCUT2D eigenvalue weighted by molar-refractivity contribution is 5.14. The van der Waals surface area contributed by atoms with Crippen molar-refractivity contribution in [3.05, 3.63) is 35.9 Å². The fraction of sp³-hybridized carbons (Fsp3) is 0.250. The Kier molecular flexibility index (Phi) is 2.42. The summed E-state index contributed by atoms with van der Waals surface area (Å²) in [6.45, 7) is 0. The van der Waals surface area contributed by atoms with Crippen LogP contribution in [0.1, 0.15) is 5.56 Å². The highest BCUT2D eigenvalue weighted by atomic mass is 16.3. The Labute approximate surface area is 60.3 Å². The summed E-state index contributed by atoms with van der Waals surface area (Å²) in [6, 6.07) is 10.3. The van der Waals surface area contributed by atoms with Crippen molar-refractivity contribution >= 4 is 0 Å².